The summed E-state index contributed by atoms with van der Waals surface area (Å²) in [6.07, 6.45) is 4.25. The molecule has 0 spiro atoms. The Morgan fingerprint density at radius 1 is 1.20 bits per heavy atom. The summed E-state index contributed by atoms with van der Waals surface area (Å²) in [6, 6.07) is 14.2. The van der Waals surface area contributed by atoms with Crippen LogP contribution in [0.5, 0.6) is 5.75 Å². The van der Waals surface area contributed by atoms with Crippen LogP contribution < -0.4 is 4.74 Å². The van der Waals surface area contributed by atoms with Gasteiger partial charge in [-0.05, 0) is 43.0 Å². The van der Waals surface area contributed by atoms with Crippen LogP contribution >= 0.6 is 11.3 Å². The summed E-state index contributed by atoms with van der Waals surface area (Å²) in [6.45, 7) is 3.67. The van der Waals surface area contributed by atoms with E-state index in [1.165, 1.54) is 12.8 Å². The Hall–Kier alpha value is -2.11. The van der Waals surface area contributed by atoms with Crippen molar-refractivity contribution < 1.29 is 9.15 Å². The minimum absolute atomic E-state index is 0.556. The molecule has 0 saturated carbocycles. The molecule has 5 heteroatoms. The summed E-state index contributed by atoms with van der Waals surface area (Å²) in [4.78, 5) is 8.01. The van der Waals surface area contributed by atoms with Crippen molar-refractivity contribution in [1.29, 1.82) is 0 Å². The normalized spacial score (nSPS) is 18.3. The first-order valence-corrected chi connectivity index (χ1v) is 9.63. The van der Waals surface area contributed by atoms with E-state index in [1.807, 2.05) is 42.6 Å². The van der Waals surface area contributed by atoms with Gasteiger partial charge in [0.2, 0.25) is 5.89 Å². The number of piperidine rings is 1. The highest BCUT2D eigenvalue weighted by atomic mass is 32.1. The van der Waals surface area contributed by atoms with E-state index < -0.39 is 0 Å². The average Bonchev–Trinajstić information content (AvgIpc) is 3.33. The Bertz CT molecular complexity index is 770. The number of aromatic nitrogens is 1. The fraction of sp³-hybridized carbons (Fsp3) is 0.350. The molecule has 25 heavy (non-hydrogen) atoms. The molecule has 0 radical (unpaired) electrons. The van der Waals surface area contributed by atoms with Gasteiger partial charge in [-0.15, -0.1) is 11.3 Å². The third kappa shape index (κ3) is 4.30. The van der Waals surface area contributed by atoms with Gasteiger partial charge in [-0.1, -0.05) is 24.3 Å². The van der Waals surface area contributed by atoms with Gasteiger partial charge in [-0.3, -0.25) is 4.90 Å². The van der Waals surface area contributed by atoms with Crippen LogP contribution in [-0.4, -0.2) is 29.6 Å². The molecule has 1 aromatic carbocycles. The predicted molar refractivity (Wildman–Crippen MR) is 99.8 cm³/mol. The van der Waals surface area contributed by atoms with Crippen LogP contribution in [-0.2, 0) is 6.54 Å². The third-order valence-electron chi connectivity index (χ3n) is 4.51. The highest BCUT2D eigenvalue weighted by molar-refractivity contribution is 7.13. The summed E-state index contributed by atoms with van der Waals surface area (Å²) in [5.41, 5.74) is 0. The number of ether oxygens (including phenoxy) is 1. The number of hydrogen-bond donors (Lipinski definition) is 0. The largest absolute Gasteiger partial charge is 0.493 e. The van der Waals surface area contributed by atoms with Gasteiger partial charge < -0.3 is 9.15 Å². The average molecular weight is 354 g/mol. The van der Waals surface area contributed by atoms with Gasteiger partial charge >= 0.3 is 0 Å². The van der Waals surface area contributed by atoms with E-state index in [2.05, 4.69) is 21.3 Å². The lowest BCUT2D eigenvalue weighted by Crippen LogP contribution is -2.37. The van der Waals surface area contributed by atoms with Gasteiger partial charge in [0.15, 0.2) is 5.76 Å². The molecule has 1 unspecified atom stereocenters. The van der Waals surface area contributed by atoms with Gasteiger partial charge in [0.1, 0.15) is 5.75 Å². The Labute approximate surface area is 152 Å². The van der Waals surface area contributed by atoms with Crippen LogP contribution in [0, 0.1) is 5.92 Å². The first-order valence-electron chi connectivity index (χ1n) is 8.75. The van der Waals surface area contributed by atoms with Crippen molar-refractivity contribution in [3.05, 3.63) is 59.9 Å². The van der Waals surface area contributed by atoms with Crippen LogP contribution in [0.1, 0.15) is 18.7 Å². The topological polar surface area (TPSA) is 38.5 Å². The lowest BCUT2D eigenvalue weighted by atomic mass is 9.99. The van der Waals surface area contributed by atoms with Gasteiger partial charge in [0.05, 0.1) is 24.2 Å². The number of para-hydroxylation sites is 1. The van der Waals surface area contributed by atoms with Crippen molar-refractivity contribution in [3.63, 3.8) is 0 Å². The molecule has 4 rings (SSSR count). The van der Waals surface area contributed by atoms with Crippen LogP contribution in [0.25, 0.3) is 10.6 Å². The molecule has 0 aliphatic carbocycles. The molecule has 1 saturated heterocycles. The van der Waals surface area contributed by atoms with Crippen LogP contribution in [0.15, 0.2) is 58.5 Å². The van der Waals surface area contributed by atoms with Crippen molar-refractivity contribution >= 4 is 11.3 Å². The minimum atomic E-state index is 0.556. The maximum atomic E-state index is 5.93. The molecular formula is C20H22N2O2S. The van der Waals surface area contributed by atoms with Gasteiger partial charge in [0.25, 0.3) is 0 Å². The highest BCUT2D eigenvalue weighted by Crippen LogP contribution is 2.26. The summed E-state index contributed by atoms with van der Waals surface area (Å²) in [7, 11) is 0. The maximum absolute atomic E-state index is 5.93. The van der Waals surface area contributed by atoms with Crippen molar-refractivity contribution in [2.24, 2.45) is 5.92 Å². The Morgan fingerprint density at radius 2 is 2.12 bits per heavy atom. The number of hydrogen-bond acceptors (Lipinski definition) is 5. The molecule has 0 amide bonds. The molecule has 130 valence electrons. The zero-order valence-corrected chi connectivity index (χ0v) is 15.0. The van der Waals surface area contributed by atoms with Crippen LogP contribution in [0.4, 0.5) is 0 Å². The van der Waals surface area contributed by atoms with E-state index in [0.717, 1.165) is 48.5 Å². The summed E-state index contributed by atoms with van der Waals surface area (Å²) < 4.78 is 11.9. The molecule has 1 atom stereocenters. The standard InChI is InChI=1S/C20H22N2O2S/c1-2-7-17(8-3-1)23-15-16-6-4-10-22(13-16)14-20-21-12-18(24-20)19-9-5-11-25-19/h1-3,5,7-9,11-12,16H,4,6,10,13-15H2. The van der Waals surface area contributed by atoms with Crippen molar-refractivity contribution in [2.75, 3.05) is 19.7 Å². The number of nitrogens with zero attached hydrogens (tertiary/aromatic N) is 2. The van der Waals surface area contributed by atoms with E-state index >= 15 is 0 Å². The van der Waals surface area contributed by atoms with Crippen LogP contribution in [0.3, 0.4) is 0 Å². The first-order chi connectivity index (χ1) is 12.4. The SMILES string of the molecule is c1ccc(OCC2CCCN(Cc3ncc(-c4cccs4)o3)C2)cc1. The Balaban J connectivity index is 1.31. The summed E-state index contributed by atoms with van der Waals surface area (Å²) in [5, 5.41) is 2.06. The van der Waals surface area contributed by atoms with E-state index in [9.17, 15) is 0 Å². The fourth-order valence-electron chi connectivity index (χ4n) is 3.27. The Kier molecular flexibility index (Phi) is 5.14. The zero-order valence-electron chi connectivity index (χ0n) is 14.1. The van der Waals surface area contributed by atoms with Gasteiger partial charge in [0, 0.05) is 12.5 Å². The Morgan fingerprint density at radius 3 is 2.96 bits per heavy atom. The molecule has 1 aliphatic rings. The van der Waals surface area contributed by atoms with E-state index in [-0.39, 0.29) is 0 Å². The van der Waals surface area contributed by atoms with Crippen LogP contribution in [0.2, 0.25) is 0 Å². The monoisotopic (exact) mass is 354 g/mol. The highest BCUT2D eigenvalue weighted by Gasteiger charge is 2.22. The van der Waals surface area contributed by atoms with Crippen molar-refractivity contribution in [2.45, 2.75) is 19.4 Å². The predicted octanol–water partition coefficient (Wildman–Crippen LogP) is 4.69. The van der Waals surface area contributed by atoms with E-state index in [0.29, 0.717) is 5.92 Å². The smallest absolute Gasteiger partial charge is 0.209 e. The summed E-state index contributed by atoms with van der Waals surface area (Å²) >= 11 is 1.68. The lowest BCUT2D eigenvalue weighted by Gasteiger charge is -2.31. The molecular weight excluding hydrogens is 332 g/mol. The third-order valence-corrected chi connectivity index (χ3v) is 5.39. The van der Waals surface area contributed by atoms with E-state index in [1.54, 1.807) is 11.3 Å². The lowest BCUT2D eigenvalue weighted by molar-refractivity contribution is 0.118. The van der Waals surface area contributed by atoms with Gasteiger partial charge in [-0.25, -0.2) is 4.98 Å². The summed E-state index contributed by atoms with van der Waals surface area (Å²) in [5.74, 6) is 3.17. The second-order valence-corrected chi connectivity index (χ2v) is 7.41. The number of rotatable bonds is 6. The molecule has 3 heterocycles. The second kappa shape index (κ2) is 7.85. The zero-order chi connectivity index (χ0) is 16.9. The molecule has 1 aliphatic heterocycles. The number of oxazole rings is 1. The number of benzene rings is 1. The molecule has 3 aromatic rings. The molecule has 2 aromatic heterocycles. The van der Waals surface area contributed by atoms with Crippen molar-refractivity contribution in [3.8, 4) is 16.4 Å². The fourth-order valence-corrected chi connectivity index (χ4v) is 3.94. The van der Waals surface area contributed by atoms with Crippen molar-refractivity contribution in [1.82, 2.24) is 9.88 Å². The molecule has 0 bridgehead atoms. The maximum Gasteiger partial charge on any atom is 0.209 e. The van der Waals surface area contributed by atoms with Gasteiger partial charge in [-0.2, -0.15) is 0 Å². The molecule has 1 fully saturated rings. The second-order valence-electron chi connectivity index (χ2n) is 6.46. The van der Waals surface area contributed by atoms with E-state index in [4.69, 9.17) is 9.15 Å². The molecule has 0 N–H and O–H groups in total. The first kappa shape index (κ1) is 16.4. The quantitative estimate of drug-likeness (QED) is 0.643. The molecule has 4 nitrogen and oxygen atoms in total. The minimum Gasteiger partial charge on any atom is -0.493 e. The number of thiophene rings is 1. The number of likely N-dealkylation sites (tertiary alicyclic amines) is 1.